The second-order valence-corrected chi connectivity index (χ2v) is 2.73. The van der Waals surface area contributed by atoms with E-state index in [0.29, 0.717) is 23.8 Å². The van der Waals surface area contributed by atoms with Crippen molar-refractivity contribution in [3.63, 3.8) is 0 Å². The third-order valence-electron chi connectivity index (χ3n) is 1.71. The molecule has 0 aliphatic heterocycles. The number of pyridine rings is 1. The monoisotopic (exact) mass is 201 g/mol. The van der Waals surface area contributed by atoms with E-state index in [-0.39, 0.29) is 0 Å². The minimum absolute atomic E-state index is 0.440. The Labute approximate surface area is 85.2 Å². The van der Waals surface area contributed by atoms with E-state index >= 15 is 0 Å². The number of rotatable bonds is 3. The standard InChI is InChI=1S/C8H7N7/c9-3-6-1-2-7(10-4-6)11-5-8-12-14-15-13-8/h1-2,4H,5H2,(H,10,11)(H,12,13,14,15). The molecule has 0 fully saturated rings. The molecule has 2 aromatic rings. The molecule has 0 unspecified atom stereocenters. The molecule has 0 aliphatic carbocycles. The fourth-order valence-corrected chi connectivity index (χ4v) is 0.992. The van der Waals surface area contributed by atoms with Gasteiger partial charge in [0.1, 0.15) is 11.9 Å². The zero-order chi connectivity index (χ0) is 10.5. The van der Waals surface area contributed by atoms with Crippen LogP contribution in [0.25, 0.3) is 0 Å². The molecule has 2 aromatic heterocycles. The lowest BCUT2D eigenvalue weighted by Crippen LogP contribution is -2.02. The number of aromatic amines is 1. The van der Waals surface area contributed by atoms with Crippen LogP contribution in [0.2, 0.25) is 0 Å². The lowest BCUT2D eigenvalue weighted by Gasteiger charge is -2.00. The molecular formula is C8H7N7. The van der Waals surface area contributed by atoms with Gasteiger partial charge in [-0.2, -0.15) is 10.5 Å². The fourth-order valence-electron chi connectivity index (χ4n) is 0.992. The first-order chi connectivity index (χ1) is 7.38. The van der Waals surface area contributed by atoms with Crippen LogP contribution in [0.15, 0.2) is 18.3 Å². The second-order valence-electron chi connectivity index (χ2n) is 2.73. The zero-order valence-electron chi connectivity index (χ0n) is 7.68. The molecule has 0 aliphatic rings. The van der Waals surface area contributed by atoms with Gasteiger partial charge in [-0.05, 0) is 12.1 Å². The summed E-state index contributed by atoms with van der Waals surface area (Å²) in [5.74, 6) is 1.22. The summed E-state index contributed by atoms with van der Waals surface area (Å²) in [4.78, 5) is 4.03. The summed E-state index contributed by atoms with van der Waals surface area (Å²) in [5, 5.41) is 24.9. The van der Waals surface area contributed by atoms with Gasteiger partial charge in [0, 0.05) is 6.20 Å². The lowest BCUT2D eigenvalue weighted by molar-refractivity contribution is 0.881. The van der Waals surface area contributed by atoms with Crippen molar-refractivity contribution in [1.82, 2.24) is 25.6 Å². The first-order valence-corrected chi connectivity index (χ1v) is 4.21. The Bertz CT molecular complexity index is 453. The molecule has 0 atom stereocenters. The minimum Gasteiger partial charge on any atom is -0.363 e. The van der Waals surface area contributed by atoms with Crippen LogP contribution in [0.4, 0.5) is 5.82 Å². The number of aromatic nitrogens is 5. The molecule has 15 heavy (non-hydrogen) atoms. The van der Waals surface area contributed by atoms with Crippen LogP contribution in [0.1, 0.15) is 11.4 Å². The third-order valence-corrected chi connectivity index (χ3v) is 1.71. The molecule has 0 spiro atoms. The van der Waals surface area contributed by atoms with Crippen LogP contribution in [0.3, 0.4) is 0 Å². The molecule has 0 radical (unpaired) electrons. The van der Waals surface area contributed by atoms with Crippen LogP contribution >= 0.6 is 0 Å². The van der Waals surface area contributed by atoms with Gasteiger partial charge in [-0.15, -0.1) is 10.2 Å². The minimum atomic E-state index is 0.440. The highest BCUT2D eigenvalue weighted by molar-refractivity contribution is 5.38. The molecule has 74 valence electrons. The number of tetrazole rings is 1. The predicted octanol–water partition coefficient (Wildman–Crippen LogP) is 0.0785. The van der Waals surface area contributed by atoms with Crippen LogP contribution < -0.4 is 5.32 Å². The molecule has 0 saturated carbocycles. The summed E-state index contributed by atoms with van der Waals surface area (Å²) in [5.41, 5.74) is 0.528. The fraction of sp³-hybridized carbons (Fsp3) is 0.125. The van der Waals surface area contributed by atoms with E-state index in [1.165, 1.54) is 6.20 Å². The van der Waals surface area contributed by atoms with Crippen molar-refractivity contribution >= 4 is 5.82 Å². The Balaban J connectivity index is 1.97. The second kappa shape index (κ2) is 4.15. The SMILES string of the molecule is N#Cc1ccc(NCc2nn[nH]n2)nc1. The highest BCUT2D eigenvalue weighted by Crippen LogP contribution is 2.04. The van der Waals surface area contributed by atoms with Gasteiger partial charge < -0.3 is 5.32 Å². The van der Waals surface area contributed by atoms with Gasteiger partial charge in [0.2, 0.25) is 0 Å². The number of hydrogen-bond donors (Lipinski definition) is 2. The maximum absolute atomic E-state index is 8.57. The molecule has 0 saturated heterocycles. The van der Waals surface area contributed by atoms with Crippen LogP contribution in [0.5, 0.6) is 0 Å². The molecule has 0 bridgehead atoms. The number of hydrogen-bond acceptors (Lipinski definition) is 6. The largest absolute Gasteiger partial charge is 0.363 e. The van der Waals surface area contributed by atoms with Gasteiger partial charge in [0.25, 0.3) is 0 Å². The van der Waals surface area contributed by atoms with Gasteiger partial charge in [0.05, 0.1) is 12.1 Å². The summed E-state index contributed by atoms with van der Waals surface area (Å²) < 4.78 is 0. The maximum atomic E-state index is 8.57. The first kappa shape index (κ1) is 9.08. The van der Waals surface area contributed by atoms with Crippen molar-refractivity contribution in [2.45, 2.75) is 6.54 Å². The maximum Gasteiger partial charge on any atom is 0.193 e. The van der Waals surface area contributed by atoms with E-state index in [1.807, 2.05) is 6.07 Å². The van der Waals surface area contributed by atoms with E-state index in [4.69, 9.17) is 5.26 Å². The highest BCUT2D eigenvalue weighted by atomic mass is 15.5. The van der Waals surface area contributed by atoms with Gasteiger partial charge in [-0.25, -0.2) is 4.98 Å². The Morgan fingerprint density at radius 1 is 1.47 bits per heavy atom. The molecule has 0 aromatic carbocycles. The molecule has 7 nitrogen and oxygen atoms in total. The zero-order valence-corrected chi connectivity index (χ0v) is 7.68. The van der Waals surface area contributed by atoms with E-state index in [2.05, 4.69) is 30.9 Å². The van der Waals surface area contributed by atoms with Crippen LogP contribution in [-0.4, -0.2) is 25.6 Å². The highest BCUT2D eigenvalue weighted by Gasteiger charge is 1.98. The van der Waals surface area contributed by atoms with Gasteiger partial charge in [0.15, 0.2) is 5.82 Å². The summed E-state index contributed by atoms with van der Waals surface area (Å²) in [6.45, 7) is 0.440. The predicted molar refractivity (Wildman–Crippen MR) is 50.5 cm³/mol. The Morgan fingerprint density at radius 2 is 2.40 bits per heavy atom. The van der Waals surface area contributed by atoms with E-state index in [9.17, 15) is 0 Å². The molecule has 2 N–H and O–H groups in total. The van der Waals surface area contributed by atoms with E-state index in [1.54, 1.807) is 12.1 Å². The molecule has 7 heteroatoms. The average Bonchev–Trinajstić information content (AvgIpc) is 2.80. The van der Waals surface area contributed by atoms with Crippen molar-refractivity contribution in [2.75, 3.05) is 5.32 Å². The van der Waals surface area contributed by atoms with Crippen molar-refractivity contribution in [3.8, 4) is 6.07 Å². The smallest absolute Gasteiger partial charge is 0.193 e. The van der Waals surface area contributed by atoms with Crippen LogP contribution in [-0.2, 0) is 6.54 Å². The summed E-state index contributed by atoms with van der Waals surface area (Å²) >= 11 is 0. The van der Waals surface area contributed by atoms with Gasteiger partial charge in [-0.3, -0.25) is 0 Å². The number of H-pyrrole nitrogens is 1. The van der Waals surface area contributed by atoms with Crippen molar-refractivity contribution < 1.29 is 0 Å². The third kappa shape index (κ3) is 2.25. The number of anilines is 1. The topological polar surface area (TPSA) is 103 Å². The van der Waals surface area contributed by atoms with Crippen molar-refractivity contribution in [1.29, 1.82) is 5.26 Å². The van der Waals surface area contributed by atoms with E-state index < -0.39 is 0 Å². The average molecular weight is 201 g/mol. The lowest BCUT2D eigenvalue weighted by atomic mass is 10.3. The Morgan fingerprint density at radius 3 is 3.00 bits per heavy atom. The molecule has 2 heterocycles. The summed E-state index contributed by atoms with van der Waals surface area (Å²) in [7, 11) is 0. The summed E-state index contributed by atoms with van der Waals surface area (Å²) in [6, 6.07) is 5.40. The van der Waals surface area contributed by atoms with Gasteiger partial charge >= 0.3 is 0 Å². The Hall–Kier alpha value is -2.49. The molecule has 0 amide bonds. The number of nitriles is 1. The molecular weight excluding hydrogens is 194 g/mol. The number of nitrogens with zero attached hydrogens (tertiary/aromatic N) is 5. The van der Waals surface area contributed by atoms with E-state index in [0.717, 1.165) is 0 Å². The van der Waals surface area contributed by atoms with Gasteiger partial charge in [-0.1, -0.05) is 5.21 Å². The first-order valence-electron chi connectivity index (χ1n) is 4.21. The Kier molecular flexibility index (Phi) is 2.51. The number of nitrogens with one attached hydrogen (secondary N) is 2. The molecule has 2 rings (SSSR count). The van der Waals surface area contributed by atoms with Crippen LogP contribution in [0, 0.1) is 11.3 Å². The normalized spacial score (nSPS) is 9.53. The quantitative estimate of drug-likeness (QED) is 0.728. The van der Waals surface area contributed by atoms with Crippen molar-refractivity contribution in [3.05, 3.63) is 29.7 Å². The van der Waals surface area contributed by atoms with Crippen molar-refractivity contribution in [2.24, 2.45) is 0 Å². The summed E-state index contributed by atoms with van der Waals surface area (Å²) in [6.07, 6.45) is 1.50.